The minimum absolute atomic E-state index is 0.0861. The second-order valence-corrected chi connectivity index (χ2v) is 12.7. The Morgan fingerprint density at radius 3 is 2.55 bits per heavy atom. The number of amidine groups is 1. The van der Waals surface area contributed by atoms with Crippen molar-refractivity contribution in [2.75, 3.05) is 26.3 Å². The number of hydrogen-bond donors (Lipinski definition) is 5. The number of amides is 3. The number of halogens is 2. The fourth-order valence-corrected chi connectivity index (χ4v) is 6.51. The van der Waals surface area contributed by atoms with Gasteiger partial charge in [-0.25, -0.2) is 0 Å². The van der Waals surface area contributed by atoms with E-state index in [2.05, 4.69) is 26.0 Å². The monoisotopic (exact) mass is 664 g/mol. The molecule has 1 saturated carbocycles. The molecule has 3 amide bonds. The fourth-order valence-electron chi connectivity index (χ4n) is 5.60. The van der Waals surface area contributed by atoms with Crippen LogP contribution in [0.4, 0.5) is 8.78 Å². The first-order chi connectivity index (χ1) is 22.4. The minimum Gasteiger partial charge on any atom is -0.384 e. The summed E-state index contributed by atoms with van der Waals surface area (Å²) in [5.41, 5.74) is 14.6. The molecule has 0 spiro atoms. The van der Waals surface area contributed by atoms with Crippen molar-refractivity contribution in [1.82, 2.24) is 16.0 Å². The lowest BCUT2D eigenvalue weighted by atomic mass is 9.96. The van der Waals surface area contributed by atoms with E-state index in [4.69, 9.17) is 21.4 Å². The highest BCUT2D eigenvalue weighted by Crippen LogP contribution is 2.51. The summed E-state index contributed by atoms with van der Waals surface area (Å²) in [6, 6.07) is 10.4. The predicted octanol–water partition coefficient (Wildman–Crippen LogP) is 4.74. The molecular weight excluding hydrogens is 630 g/mol. The summed E-state index contributed by atoms with van der Waals surface area (Å²) in [6.45, 7) is 2.04. The second-order valence-electron chi connectivity index (χ2n) is 11.8. The van der Waals surface area contributed by atoms with Gasteiger partial charge in [0.25, 0.3) is 11.8 Å². The van der Waals surface area contributed by atoms with Crippen molar-refractivity contribution in [3.63, 3.8) is 0 Å². The van der Waals surface area contributed by atoms with Crippen LogP contribution in [-0.2, 0) is 20.2 Å². The second kappa shape index (κ2) is 13.9. The molecule has 15 heteroatoms. The summed E-state index contributed by atoms with van der Waals surface area (Å²) in [7, 11) is 0. The van der Waals surface area contributed by atoms with Gasteiger partial charge in [-0.3, -0.25) is 19.8 Å². The lowest BCUT2D eigenvalue weighted by Gasteiger charge is -2.25. The number of nitrogens with two attached hydrogens (primary N) is 1. The van der Waals surface area contributed by atoms with Gasteiger partial charge in [0.05, 0.1) is 25.8 Å². The van der Waals surface area contributed by atoms with Gasteiger partial charge in [0, 0.05) is 44.0 Å². The van der Waals surface area contributed by atoms with Gasteiger partial charge in [0.1, 0.15) is 11.9 Å². The maximum absolute atomic E-state index is 14.9. The summed E-state index contributed by atoms with van der Waals surface area (Å²) < 4.78 is 35.5. The zero-order valence-corrected chi connectivity index (χ0v) is 26.3. The minimum atomic E-state index is -3.18. The van der Waals surface area contributed by atoms with Gasteiger partial charge in [-0.05, 0) is 66.5 Å². The van der Waals surface area contributed by atoms with Gasteiger partial charge in [-0.1, -0.05) is 35.4 Å². The van der Waals surface area contributed by atoms with E-state index in [9.17, 15) is 23.2 Å². The zero-order chi connectivity index (χ0) is 33.8. The van der Waals surface area contributed by atoms with E-state index < -0.39 is 42.3 Å². The van der Waals surface area contributed by atoms with Crippen molar-refractivity contribution in [2.24, 2.45) is 16.3 Å². The number of fused-ring (bicyclic) bond motifs is 3. The molecule has 0 aliphatic heterocycles. The van der Waals surface area contributed by atoms with Crippen molar-refractivity contribution >= 4 is 34.9 Å². The average molecular weight is 665 g/mol. The van der Waals surface area contributed by atoms with E-state index in [0.29, 0.717) is 17.7 Å². The number of benzene rings is 2. The van der Waals surface area contributed by atoms with E-state index in [1.54, 1.807) is 30.5 Å². The summed E-state index contributed by atoms with van der Waals surface area (Å²) in [5.74, 6) is -4.94. The van der Waals surface area contributed by atoms with Crippen molar-refractivity contribution in [3.05, 3.63) is 91.5 Å². The number of azide groups is 1. The summed E-state index contributed by atoms with van der Waals surface area (Å²) in [4.78, 5) is 43.1. The zero-order valence-electron chi connectivity index (χ0n) is 25.5. The lowest BCUT2D eigenvalue weighted by Crippen LogP contribution is -2.51. The Balaban J connectivity index is 1.24. The number of carbonyl (C=O) groups excluding carboxylic acids is 3. The third kappa shape index (κ3) is 7.59. The first-order valence-corrected chi connectivity index (χ1v) is 15.8. The molecule has 2 aliphatic rings. The normalized spacial score (nSPS) is 16.1. The van der Waals surface area contributed by atoms with Crippen molar-refractivity contribution in [3.8, 4) is 11.1 Å². The molecule has 0 bridgehead atoms. The maximum Gasteiger partial charge on any atom is 0.299 e. The van der Waals surface area contributed by atoms with Crippen LogP contribution in [-0.4, -0.2) is 55.9 Å². The van der Waals surface area contributed by atoms with Crippen LogP contribution in [0.2, 0.25) is 0 Å². The molecule has 2 atom stereocenters. The number of rotatable bonds is 15. The van der Waals surface area contributed by atoms with Gasteiger partial charge >= 0.3 is 0 Å². The topological polar surface area (TPSA) is 195 Å². The predicted molar refractivity (Wildman–Crippen MR) is 172 cm³/mol. The van der Waals surface area contributed by atoms with Gasteiger partial charge in [0.15, 0.2) is 0 Å². The van der Waals surface area contributed by atoms with Crippen molar-refractivity contribution < 1.29 is 27.9 Å². The molecule has 246 valence electrons. The van der Waals surface area contributed by atoms with Crippen molar-refractivity contribution in [2.45, 2.75) is 44.2 Å². The SMILES string of the molecule is C[C@@H](NC(=O)[C@H](CC1(COCCN=[N+]=[N-])CC1)NC(=O)CNC(=O)c1ccc2c(c1)-c1ccccc1C2(F)F)c1cc(C(=N)N)cs1. The Hall–Kier alpha value is -4.85. The molecule has 6 N–H and O–H groups in total. The lowest BCUT2D eigenvalue weighted by molar-refractivity contribution is -0.129. The molecule has 1 heterocycles. The first kappa shape index (κ1) is 33.5. The Bertz CT molecular complexity index is 1750. The number of nitrogens with one attached hydrogen (secondary N) is 4. The third-order valence-electron chi connectivity index (χ3n) is 8.35. The third-order valence-corrected chi connectivity index (χ3v) is 9.47. The maximum atomic E-state index is 14.9. The van der Waals surface area contributed by atoms with E-state index in [1.165, 1.54) is 41.7 Å². The van der Waals surface area contributed by atoms with Gasteiger partial charge in [0.2, 0.25) is 11.8 Å². The van der Waals surface area contributed by atoms with Crippen molar-refractivity contribution in [1.29, 1.82) is 5.41 Å². The highest BCUT2D eigenvalue weighted by molar-refractivity contribution is 7.10. The van der Waals surface area contributed by atoms with E-state index in [-0.39, 0.29) is 53.1 Å². The number of ether oxygens (including phenoxy) is 1. The van der Waals surface area contributed by atoms with E-state index in [1.807, 2.05) is 0 Å². The molecular formula is C32H34F2N8O4S. The Morgan fingerprint density at radius 1 is 1.11 bits per heavy atom. The molecule has 1 aromatic heterocycles. The summed E-state index contributed by atoms with van der Waals surface area (Å²) in [6.07, 6.45) is 1.82. The molecule has 0 unspecified atom stereocenters. The van der Waals surface area contributed by atoms with Crippen LogP contribution in [0.1, 0.15) is 64.2 Å². The first-order valence-electron chi connectivity index (χ1n) is 15.0. The molecule has 0 radical (unpaired) electrons. The molecule has 5 rings (SSSR count). The Morgan fingerprint density at radius 2 is 1.85 bits per heavy atom. The summed E-state index contributed by atoms with van der Waals surface area (Å²) in [5, 5.41) is 21.0. The largest absolute Gasteiger partial charge is 0.384 e. The number of alkyl halides is 2. The average Bonchev–Trinajstić information content (AvgIpc) is 3.53. The van der Waals surface area contributed by atoms with E-state index in [0.717, 1.165) is 17.7 Å². The molecule has 2 aliphatic carbocycles. The molecule has 12 nitrogen and oxygen atoms in total. The van der Waals surface area contributed by atoms with Crippen LogP contribution < -0.4 is 21.7 Å². The quantitative estimate of drug-likeness (QED) is 0.0390. The summed E-state index contributed by atoms with van der Waals surface area (Å²) >= 11 is 1.34. The fraction of sp³-hybridized carbons (Fsp3) is 0.375. The Labute approximate surface area is 273 Å². The van der Waals surface area contributed by atoms with Crippen LogP contribution >= 0.6 is 11.3 Å². The number of nitrogens with zero attached hydrogens (tertiary/aromatic N) is 3. The van der Waals surface area contributed by atoms with Crippen LogP contribution in [0.3, 0.4) is 0 Å². The molecule has 1 fully saturated rings. The number of carbonyl (C=O) groups is 3. The smallest absolute Gasteiger partial charge is 0.299 e. The molecule has 47 heavy (non-hydrogen) atoms. The number of hydrogen-bond acceptors (Lipinski definition) is 7. The van der Waals surface area contributed by atoms with Gasteiger partial charge < -0.3 is 26.4 Å². The Kier molecular flexibility index (Phi) is 9.89. The molecule has 2 aromatic carbocycles. The molecule has 0 saturated heterocycles. The highest BCUT2D eigenvalue weighted by Gasteiger charge is 2.46. The standard InChI is InChI=1S/C32H34F2N8O4S/c1-18(26-13-20(16-47-26)28(35)36)40-30(45)25(14-31(8-9-31)17-46-11-10-39-42-37)41-27(43)15-38-29(44)19-6-7-24-22(12-19)21-4-2-3-5-23(21)32(24,33)34/h2-7,12-13,16,18,25H,8-11,14-15,17H2,1H3,(H3,35,36)(H,38,44)(H,40,45)(H,41,43)/t18-,25+/m1/s1. The number of nitrogen functional groups attached to an aromatic ring is 1. The van der Waals surface area contributed by atoms with Crippen LogP contribution in [0.5, 0.6) is 0 Å². The van der Waals surface area contributed by atoms with Gasteiger partial charge in [-0.2, -0.15) is 8.78 Å². The van der Waals surface area contributed by atoms with Crippen LogP contribution in [0.15, 0.2) is 59.0 Å². The van der Waals surface area contributed by atoms with Gasteiger partial charge in [-0.15, -0.1) is 11.3 Å². The van der Waals surface area contributed by atoms with Crippen LogP contribution in [0, 0.1) is 10.8 Å². The highest BCUT2D eigenvalue weighted by atomic mass is 32.1. The number of thiophene rings is 1. The van der Waals surface area contributed by atoms with Crippen LogP contribution in [0.25, 0.3) is 21.6 Å². The molecule has 3 aromatic rings. The van der Waals surface area contributed by atoms with E-state index >= 15 is 0 Å².